The first-order valence-corrected chi connectivity index (χ1v) is 9.73. The van der Waals surface area contributed by atoms with Crippen LogP contribution in [0.1, 0.15) is 18.1 Å². The number of amides is 1. The minimum absolute atomic E-state index is 0.116. The second-order valence-corrected chi connectivity index (χ2v) is 8.25. The third-order valence-electron chi connectivity index (χ3n) is 2.85. The molecule has 124 valence electrons. The SMILES string of the molecule is CCSc1nnc(NC(=O)COc2cc(C)c(Cl)c(C)c2Br)s1. The lowest BCUT2D eigenvalue weighted by Gasteiger charge is -2.12. The van der Waals surface area contributed by atoms with Crippen LogP contribution in [-0.4, -0.2) is 28.5 Å². The number of anilines is 1. The molecule has 0 fully saturated rings. The maximum absolute atomic E-state index is 12.0. The zero-order valence-electron chi connectivity index (χ0n) is 12.8. The fourth-order valence-corrected chi connectivity index (χ4v) is 4.10. The predicted octanol–water partition coefficient (Wildman–Crippen LogP) is 4.70. The minimum atomic E-state index is -0.286. The lowest BCUT2D eigenvalue weighted by atomic mass is 10.1. The summed E-state index contributed by atoms with van der Waals surface area (Å²) in [4.78, 5) is 12.0. The van der Waals surface area contributed by atoms with Gasteiger partial charge in [0.2, 0.25) is 5.13 Å². The van der Waals surface area contributed by atoms with Gasteiger partial charge in [0.1, 0.15) is 5.75 Å². The molecule has 0 aliphatic rings. The van der Waals surface area contributed by atoms with Crippen molar-refractivity contribution in [1.29, 1.82) is 0 Å². The van der Waals surface area contributed by atoms with Crippen LogP contribution in [0.2, 0.25) is 5.02 Å². The van der Waals surface area contributed by atoms with E-state index in [0.717, 1.165) is 25.7 Å². The van der Waals surface area contributed by atoms with Crippen LogP contribution in [0.3, 0.4) is 0 Å². The Morgan fingerprint density at radius 3 is 2.91 bits per heavy atom. The van der Waals surface area contributed by atoms with Gasteiger partial charge >= 0.3 is 0 Å². The number of hydrogen-bond acceptors (Lipinski definition) is 6. The van der Waals surface area contributed by atoms with Gasteiger partial charge in [0.15, 0.2) is 10.9 Å². The summed E-state index contributed by atoms with van der Waals surface area (Å²) in [6.07, 6.45) is 0. The highest BCUT2D eigenvalue weighted by atomic mass is 79.9. The normalized spacial score (nSPS) is 10.7. The molecule has 0 bridgehead atoms. The Hall–Kier alpha value is -0.830. The molecule has 0 radical (unpaired) electrons. The molecule has 2 aromatic rings. The molecule has 1 heterocycles. The van der Waals surface area contributed by atoms with Crippen molar-refractivity contribution in [3.05, 3.63) is 26.7 Å². The van der Waals surface area contributed by atoms with Crippen LogP contribution in [-0.2, 0) is 4.79 Å². The molecule has 2 rings (SSSR count). The molecule has 1 amide bonds. The first-order valence-electron chi connectivity index (χ1n) is 6.76. The first-order chi connectivity index (χ1) is 10.9. The Balaban J connectivity index is 1.96. The maximum Gasteiger partial charge on any atom is 0.264 e. The van der Waals surface area contributed by atoms with E-state index in [-0.39, 0.29) is 12.5 Å². The molecule has 0 unspecified atom stereocenters. The predicted molar refractivity (Wildman–Crippen MR) is 99.1 cm³/mol. The lowest BCUT2D eigenvalue weighted by molar-refractivity contribution is -0.118. The molecule has 1 aromatic carbocycles. The van der Waals surface area contributed by atoms with Gasteiger partial charge in [-0.15, -0.1) is 10.2 Å². The summed E-state index contributed by atoms with van der Waals surface area (Å²) in [7, 11) is 0. The van der Waals surface area contributed by atoms with Gasteiger partial charge in [0, 0.05) is 5.02 Å². The monoisotopic (exact) mass is 435 g/mol. The van der Waals surface area contributed by atoms with Gasteiger partial charge in [-0.1, -0.05) is 41.6 Å². The topological polar surface area (TPSA) is 64.1 Å². The third-order valence-corrected chi connectivity index (χ3v) is 6.27. The van der Waals surface area contributed by atoms with Gasteiger partial charge in [0.05, 0.1) is 4.47 Å². The number of ether oxygens (including phenoxy) is 1. The Morgan fingerprint density at radius 2 is 2.22 bits per heavy atom. The number of halogens is 2. The molecule has 23 heavy (non-hydrogen) atoms. The Bertz CT molecular complexity index is 724. The molecule has 9 heteroatoms. The van der Waals surface area contributed by atoms with Crippen LogP contribution in [0.15, 0.2) is 14.9 Å². The first kappa shape index (κ1) is 18.5. The van der Waals surface area contributed by atoms with Gasteiger partial charge in [-0.25, -0.2) is 0 Å². The van der Waals surface area contributed by atoms with E-state index >= 15 is 0 Å². The van der Waals surface area contributed by atoms with E-state index in [2.05, 4.69) is 31.4 Å². The Labute approximate surface area is 156 Å². The summed E-state index contributed by atoms with van der Waals surface area (Å²) >= 11 is 12.5. The van der Waals surface area contributed by atoms with Crippen LogP contribution in [0.4, 0.5) is 5.13 Å². The van der Waals surface area contributed by atoms with Gasteiger partial charge < -0.3 is 4.74 Å². The van der Waals surface area contributed by atoms with Crippen molar-refractivity contribution in [2.75, 3.05) is 17.7 Å². The van der Waals surface area contributed by atoms with Crippen molar-refractivity contribution in [3.8, 4) is 5.75 Å². The van der Waals surface area contributed by atoms with Crippen LogP contribution in [0.25, 0.3) is 0 Å². The summed E-state index contributed by atoms with van der Waals surface area (Å²) in [5.74, 6) is 1.21. The van der Waals surface area contributed by atoms with Crippen molar-refractivity contribution in [2.45, 2.75) is 25.1 Å². The van der Waals surface area contributed by atoms with E-state index in [0.29, 0.717) is 15.9 Å². The standard InChI is InChI=1S/C14H15BrClN3O2S2/c1-4-22-14-19-18-13(23-14)17-10(20)6-21-9-5-7(2)12(16)8(3)11(9)15/h5H,4,6H2,1-3H3,(H,17,18,20). The Kier molecular flexibility index (Phi) is 6.70. The highest BCUT2D eigenvalue weighted by molar-refractivity contribution is 9.10. The maximum atomic E-state index is 12.0. The smallest absolute Gasteiger partial charge is 0.264 e. The molecule has 5 nitrogen and oxygen atoms in total. The number of nitrogens with one attached hydrogen (secondary N) is 1. The van der Waals surface area contributed by atoms with Crippen LogP contribution >= 0.6 is 50.6 Å². The fraction of sp³-hybridized carbons (Fsp3) is 0.357. The number of aromatic nitrogens is 2. The number of benzene rings is 1. The number of nitrogens with zero attached hydrogens (tertiary/aromatic N) is 2. The molecular weight excluding hydrogens is 422 g/mol. The summed E-state index contributed by atoms with van der Waals surface area (Å²) in [6, 6.07) is 1.80. The van der Waals surface area contributed by atoms with Crippen molar-refractivity contribution in [2.24, 2.45) is 0 Å². The highest BCUT2D eigenvalue weighted by Crippen LogP contribution is 2.35. The van der Waals surface area contributed by atoms with Crippen LogP contribution < -0.4 is 10.1 Å². The largest absolute Gasteiger partial charge is 0.483 e. The van der Waals surface area contributed by atoms with Gasteiger partial charge in [-0.3, -0.25) is 10.1 Å². The number of hydrogen-bond donors (Lipinski definition) is 1. The molecule has 1 aromatic heterocycles. The minimum Gasteiger partial charge on any atom is -0.483 e. The Morgan fingerprint density at radius 1 is 1.48 bits per heavy atom. The van der Waals surface area contributed by atoms with E-state index in [1.165, 1.54) is 11.3 Å². The number of aryl methyl sites for hydroxylation is 1. The van der Waals surface area contributed by atoms with E-state index in [1.807, 2.05) is 20.8 Å². The molecule has 0 spiro atoms. The highest BCUT2D eigenvalue weighted by Gasteiger charge is 2.13. The average Bonchev–Trinajstić information content (AvgIpc) is 2.95. The molecule has 0 aliphatic carbocycles. The number of carbonyl (C=O) groups excluding carboxylic acids is 1. The molecule has 0 atom stereocenters. The average molecular weight is 437 g/mol. The summed E-state index contributed by atoms with van der Waals surface area (Å²) < 4.78 is 7.15. The van der Waals surface area contributed by atoms with Gasteiger partial charge in [0.25, 0.3) is 5.91 Å². The van der Waals surface area contributed by atoms with Gasteiger partial charge in [-0.2, -0.15) is 0 Å². The van der Waals surface area contributed by atoms with Crippen LogP contribution in [0.5, 0.6) is 5.75 Å². The summed E-state index contributed by atoms with van der Waals surface area (Å²) in [5.41, 5.74) is 1.78. The molecule has 0 saturated heterocycles. The number of thioether (sulfide) groups is 1. The zero-order valence-corrected chi connectivity index (χ0v) is 16.7. The van der Waals surface area contributed by atoms with Crippen molar-refractivity contribution < 1.29 is 9.53 Å². The van der Waals surface area contributed by atoms with Gasteiger partial charge in [-0.05, 0) is 52.7 Å². The van der Waals surface area contributed by atoms with Crippen molar-refractivity contribution >= 4 is 61.7 Å². The van der Waals surface area contributed by atoms with E-state index in [4.69, 9.17) is 16.3 Å². The number of rotatable bonds is 6. The van der Waals surface area contributed by atoms with E-state index < -0.39 is 0 Å². The van der Waals surface area contributed by atoms with Crippen LogP contribution in [0, 0.1) is 13.8 Å². The zero-order chi connectivity index (χ0) is 17.0. The summed E-state index contributed by atoms with van der Waals surface area (Å²) in [5, 5.41) is 11.7. The van der Waals surface area contributed by atoms with Crippen molar-refractivity contribution in [1.82, 2.24) is 10.2 Å². The van der Waals surface area contributed by atoms with E-state index in [9.17, 15) is 4.79 Å². The molecular formula is C14H15BrClN3O2S2. The quantitative estimate of drug-likeness (QED) is 0.525. The molecule has 1 N–H and O–H groups in total. The van der Waals surface area contributed by atoms with E-state index in [1.54, 1.807) is 17.8 Å². The second kappa shape index (κ2) is 8.32. The fourth-order valence-electron chi connectivity index (χ4n) is 1.75. The lowest BCUT2D eigenvalue weighted by Crippen LogP contribution is -2.20. The molecule has 0 saturated carbocycles. The third kappa shape index (κ3) is 4.82. The molecule has 0 aliphatic heterocycles. The second-order valence-electron chi connectivity index (χ2n) is 4.59. The number of carbonyl (C=O) groups is 1. The summed E-state index contributed by atoms with van der Waals surface area (Å²) in [6.45, 7) is 5.70. The van der Waals surface area contributed by atoms with Crippen molar-refractivity contribution in [3.63, 3.8) is 0 Å².